The van der Waals surface area contributed by atoms with Crippen LogP contribution >= 0.6 is 0 Å². The number of phenols is 1. The van der Waals surface area contributed by atoms with E-state index in [0.29, 0.717) is 12.2 Å². The molecule has 1 unspecified atom stereocenters. The minimum Gasteiger partial charge on any atom is -0.508 e. The van der Waals surface area contributed by atoms with E-state index < -0.39 is 0 Å². The zero-order valence-electron chi connectivity index (χ0n) is 7.90. The lowest BCUT2D eigenvalue weighted by Gasteiger charge is -2.08. The molecule has 2 N–H and O–H groups in total. The van der Waals surface area contributed by atoms with Gasteiger partial charge in [-0.1, -0.05) is 25.1 Å². The minimum atomic E-state index is -0.250. The standard InChI is InChI=1S/C11H16O2/c1-2-10(12)8-7-9-5-3-4-6-11(9)13/h3-6,10,12-13H,2,7-8H2,1H3. The molecule has 1 atom stereocenters. The van der Waals surface area contributed by atoms with Crippen LogP contribution < -0.4 is 0 Å². The molecule has 0 spiro atoms. The molecule has 0 saturated heterocycles. The van der Waals surface area contributed by atoms with Gasteiger partial charge in [0, 0.05) is 0 Å². The topological polar surface area (TPSA) is 40.5 Å². The molecular formula is C11H16O2. The van der Waals surface area contributed by atoms with E-state index in [1.54, 1.807) is 12.1 Å². The van der Waals surface area contributed by atoms with Crippen LogP contribution in [0.4, 0.5) is 0 Å². The molecule has 0 heterocycles. The first-order valence-corrected chi connectivity index (χ1v) is 4.69. The predicted molar refractivity (Wildman–Crippen MR) is 52.7 cm³/mol. The van der Waals surface area contributed by atoms with Crippen molar-refractivity contribution in [2.24, 2.45) is 0 Å². The summed E-state index contributed by atoms with van der Waals surface area (Å²) in [6.45, 7) is 1.95. The van der Waals surface area contributed by atoms with Crippen LogP contribution in [-0.2, 0) is 6.42 Å². The summed E-state index contributed by atoms with van der Waals surface area (Å²) < 4.78 is 0. The molecule has 0 aliphatic rings. The largest absolute Gasteiger partial charge is 0.508 e. The van der Waals surface area contributed by atoms with Gasteiger partial charge in [-0.15, -0.1) is 0 Å². The Bertz CT molecular complexity index is 258. The third kappa shape index (κ3) is 3.07. The van der Waals surface area contributed by atoms with Crippen molar-refractivity contribution in [1.29, 1.82) is 0 Å². The second kappa shape index (κ2) is 4.87. The van der Waals surface area contributed by atoms with Crippen LogP contribution in [-0.4, -0.2) is 16.3 Å². The summed E-state index contributed by atoms with van der Waals surface area (Å²) >= 11 is 0. The second-order valence-electron chi connectivity index (χ2n) is 3.23. The molecule has 0 fully saturated rings. The van der Waals surface area contributed by atoms with E-state index in [2.05, 4.69) is 0 Å². The lowest BCUT2D eigenvalue weighted by molar-refractivity contribution is 0.160. The van der Waals surface area contributed by atoms with Gasteiger partial charge in [0.15, 0.2) is 0 Å². The zero-order valence-corrected chi connectivity index (χ0v) is 7.90. The summed E-state index contributed by atoms with van der Waals surface area (Å²) in [7, 11) is 0. The molecule has 1 rings (SSSR count). The molecule has 1 aromatic carbocycles. The molecule has 72 valence electrons. The number of aliphatic hydroxyl groups excluding tert-OH is 1. The van der Waals surface area contributed by atoms with E-state index in [9.17, 15) is 10.2 Å². The maximum absolute atomic E-state index is 9.41. The van der Waals surface area contributed by atoms with Gasteiger partial charge >= 0.3 is 0 Å². The van der Waals surface area contributed by atoms with Gasteiger partial charge in [-0.3, -0.25) is 0 Å². The number of hydrogen-bond acceptors (Lipinski definition) is 2. The highest BCUT2D eigenvalue weighted by atomic mass is 16.3. The minimum absolute atomic E-state index is 0.250. The van der Waals surface area contributed by atoms with Gasteiger partial charge in [0.1, 0.15) is 5.75 Å². The van der Waals surface area contributed by atoms with Crippen LogP contribution in [0.15, 0.2) is 24.3 Å². The van der Waals surface area contributed by atoms with E-state index in [4.69, 9.17) is 0 Å². The fourth-order valence-corrected chi connectivity index (χ4v) is 1.25. The average Bonchev–Trinajstić information content (AvgIpc) is 2.16. The zero-order chi connectivity index (χ0) is 9.68. The molecule has 0 amide bonds. The Morgan fingerprint density at radius 2 is 2.00 bits per heavy atom. The van der Waals surface area contributed by atoms with E-state index in [1.165, 1.54) is 0 Å². The predicted octanol–water partition coefficient (Wildman–Crippen LogP) is 2.10. The summed E-state index contributed by atoms with van der Waals surface area (Å²) in [5.41, 5.74) is 0.912. The Morgan fingerprint density at radius 3 is 2.62 bits per heavy atom. The van der Waals surface area contributed by atoms with E-state index >= 15 is 0 Å². The lowest BCUT2D eigenvalue weighted by atomic mass is 10.0. The Hall–Kier alpha value is -1.02. The van der Waals surface area contributed by atoms with Gasteiger partial charge in [-0.2, -0.15) is 0 Å². The average molecular weight is 180 g/mol. The number of aromatic hydroxyl groups is 1. The van der Waals surface area contributed by atoms with Crippen LogP contribution in [0, 0.1) is 0 Å². The highest BCUT2D eigenvalue weighted by molar-refractivity contribution is 5.31. The Morgan fingerprint density at radius 1 is 1.31 bits per heavy atom. The number of benzene rings is 1. The number of hydrogen-bond donors (Lipinski definition) is 2. The molecule has 0 aliphatic carbocycles. The third-order valence-electron chi connectivity index (χ3n) is 2.21. The van der Waals surface area contributed by atoms with Crippen molar-refractivity contribution >= 4 is 0 Å². The summed E-state index contributed by atoms with van der Waals surface area (Å²) in [6, 6.07) is 7.26. The Balaban J connectivity index is 2.50. The lowest BCUT2D eigenvalue weighted by Crippen LogP contribution is -2.05. The van der Waals surface area contributed by atoms with Gasteiger partial charge in [-0.25, -0.2) is 0 Å². The van der Waals surface area contributed by atoms with Crippen molar-refractivity contribution in [1.82, 2.24) is 0 Å². The van der Waals surface area contributed by atoms with Crippen molar-refractivity contribution in [2.75, 3.05) is 0 Å². The first kappa shape index (κ1) is 10.1. The van der Waals surface area contributed by atoms with Crippen LogP contribution in [0.2, 0.25) is 0 Å². The summed E-state index contributed by atoms with van der Waals surface area (Å²) in [6.07, 6.45) is 1.98. The van der Waals surface area contributed by atoms with E-state index in [0.717, 1.165) is 18.4 Å². The van der Waals surface area contributed by atoms with Crippen LogP contribution in [0.1, 0.15) is 25.3 Å². The molecule has 2 nitrogen and oxygen atoms in total. The monoisotopic (exact) mass is 180 g/mol. The van der Waals surface area contributed by atoms with E-state index in [-0.39, 0.29) is 6.10 Å². The third-order valence-corrected chi connectivity index (χ3v) is 2.21. The first-order valence-electron chi connectivity index (χ1n) is 4.69. The maximum Gasteiger partial charge on any atom is 0.118 e. The fraction of sp³-hybridized carbons (Fsp3) is 0.455. The fourth-order valence-electron chi connectivity index (χ4n) is 1.25. The molecule has 0 aliphatic heterocycles. The number of aryl methyl sites for hydroxylation is 1. The van der Waals surface area contributed by atoms with Crippen LogP contribution in [0.3, 0.4) is 0 Å². The highest BCUT2D eigenvalue weighted by Crippen LogP contribution is 2.18. The van der Waals surface area contributed by atoms with Crippen LogP contribution in [0.5, 0.6) is 5.75 Å². The summed E-state index contributed by atoms with van der Waals surface area (Å²) in [5, 5.41) is 18.7. The summed E-state index contributed by atoms with van der Waals surface area (Å²) in [4.78, 5) is 0. The molecular weight excluding hydrogens is 164 g/mol. The Labute approximate surface area is 78.8 Å². The number of phenolic OH excluding ortho intramolecular Hbond substituents is 1. The molecule has 0 bridgehead atoms. The van der Waals surface area contributed by atoms with Gasteiger partial charge < -0.3 is 10.2 Å². The van der Waals surface area contributed by atoms with Crippen molar-refractivity contribution in [3.63, 3.8) is 0 Å². The molecule has 2 heteroatoms. The first-order chi connectivity index (χ1) is 6.24. The van der Waals surface area contributed by atoms with Crippen molar-refractivity contribution < 1.29 is 10.2 Å². The van der Waals surface area contributed by atoms with Crippen molar-refractivity contribution in [3.05, 3.63) is 29.8 Å². The van der Waals surface area contributed by atoms with Gasteiger partial charge in [-0.05, 0) is 30.9 Å². The van der Waals surface area contributed by atoms with Gasteiger partial charge in [0.2, 0.25) is 0 Å². The molecule has 0 radical (unpaired) electrons. The number of rotatable bonds is 4. The second-order valence-corrected chi connectivity index (χ2v) is 3.23. The molecule has 0 saturated carbocycles. The smallest absolute Gasteiger partial charge is 0.118 e. The van der Waals surface area contributed by atoms with Crippen molar-refractivity contribution in [2.45, 2.75) is 32.3 Å². The number of aliphatic hydroxyl groups is 1. The number of para-hydroxylation sites is 1. The molecule has 1 aromatic rings. The van der Waals surface area contributed by atoms with Crippen molar-refractivity contribution in [3.8, 4) is 5.75 Å². The SMILES string of the molecule is CCC(O)CCc1ccccc1O. The molecule has 13 heavy (non-hydrogen) atoms. The molecule has 0 aromatic heterocycles. The van der Waals surface area contributed by atoms with Gasteiger partial charge in [0.05, 0.1) is 6.10 Å². The Kier molecular flexibility index (Phi) is 3.77. The quantitative estimate of drug-likeness (QED) is 0.745. The van der Waals surface area contributed by atoms with Crippen LogP contribution in [0.25, 0.3) is 0 Å². The maximum atomic E-state index is 9.41. The highest BCUT2D eigenvalue weighted by Gasteiger charge is 2.03. The van der Waals surface area contributed by atoms with E-state index in [1.807, 2.05) is 19.1 Å². The summed E-state index contributed by atoms with van der Waals surface area (Å²) in [5.74, 6) is 0.325. The normalized spacial score (nSPS) is 12.8. The van der Waals surface area contributed by atoms with Gasteiger partial charge in [0.25, 0.3) is 0 Å².